The summed E-state index contributed by atoms with van der Waals surface area (Å²) in [6, 6.07) is -0.170. The average Bonchev–Trinajstić information content (AvgIpc) is 2.94. The largest absolute Gasteiger partial charge is 0.341 e. The van der Waals surface area contributed by atoms with Crippen molar-refractivity contribution in [1.29, 1.82) is 0 Å². The van der Waals surface area contributed by atoms with Gasteiger partial charge in [0.05, 0.1) is 12.6 Å². The maximum absolute atomic E-state index is 13.6. The Bertz CT molecular complexity index is 618. The van der Waals surface area contributed by atoms with Crippen molar-refractivity contribution in [3.8, 4) is 0 Å². The van der Waals surface area contributed by atoms with Gasteiger partial charge in [-0.1, -0.05) is 12.2 Å². The van der Waals surface area contributed by atoms with Gasteiger partial charge in [-0.2, -0.15) is 0 Å². The number of hydrogen-bond acceptors (Lipinski definition) is 2. The van der Waals surface area contributed by atoms with Crippen LogP contribution in [0.25, 0.3) is 0 Å². The highest BCUT2D eigenvalue weighted by molar-refractivity contribution is 5.95. The molecule has 4 nitrogen and oxygen atoms in total. The third-order valence-electron chi connectivity index (χ3n) is 4.37. The molecule has 1 saturated heterocycles. The Balaban J connectivity index is 2.18. The molecule has 2 rings (SSSR count). The molecule has 0 saturated carbocycles. The average molecular weight is 306 g/mol. The number of amides is 1. The Morgan fingerprint density at radius 3 is 2.64 bits per heavy atom. The molecule has 120 valence electrons. The van der Waals surface area contributed by atoms with E-state index in [1.54, 1.807) is 15.7 Å². The van der Waals surface area contributed by atoms with E-state index < -0.39 is 6.17 Å². The smallest absolute Gasteiger partial charge is 0.243 e. The van der Waals surface area contributed by atoms with Crippen molar-refractivity contribution in [2.45, 2.75) is 52.9 Å². The summed E-state index contributed by atoms with van der Waals surface area (Å²) < 4.78 is 15.4. The number of nitrogens with zero attached hydrogens (tertiary/aromatic N) is 2. The van der Waals surface area contributed by atoms with Gasteiger partial charge < -0.3 is 9.47 Å². The molecular weight excluding hydrogens is 283 g/mol. The van der Waals surface area contributed by atoms with Crippen LogP contribution in [-0.4, -0.2) is 39.9 Å². The lowest BCUT2D eigenvalue weighted by Crippen LogP contribution is -2.37. The lowest BCUT2D eigenvalue weighted by Gasteiger charge is -2.22. The molecule has 0 radical (unpaired) electrons. The first kappa shape index (κ1) is 16.5. The van der Waals surface area contributed by atoms with Crippen molar-refractivity contribution in [2.24, 2.45) is 0 Å². The van der Waals surface area contributed by atoms with E-state index in [2.05, 4.69) is 0 Å². The maximum atomic E-state index is 13.6. The predicted molar refractivity (Wildman–Crippen MR) is 83.7 cm³/mol. The Morgan fingerprint density at radius 1 is 1.41 bits per heavy atom. The number of hydrogen-bond donors (Lipinski definition) is 0. The molecule has 5 heteroatoms. The fraction of sp³-hybridized carbons (Fsp3) is 0.529. The first-order valence-corrected chi connectivity index (χ1v) is 7.58. The van der Waals surface area contributed by atoms with Crippen molar-refractivity contribution >= 4 is 11.7 Å². The summed E-state index contributed by atoms with van der Waals surface area (Å²) in [6.45, 7) is 7.44. The zero-order chi connectivity index (χ0) is 16.4. The molecule has 0 N–H and O–H groups in total. The standard InChI is InChI=1S/C17H23FN2O2/c1-5-6-15-7-14(18)8-20(15)17(22)10-19-9-16(13(4)21)11(2)12(19)3/h5-6,9,14-15H,7-8,10H2,1-4H3. The molecule has 1 aliphatic heterocycles. The third kappa shape index (κ3) is 3.13. The third-order valence-corrected chi connectivity index (χ3v) is 4.37. The molecule has 0 bridgehead atoms. The molecule has 0 aliphatic carbocycles. The van der Waals surface area contributed by atoms with Crippen molar-refractivity contribution in [1.82, 2.24) is 9.47 Å². The predicted octanol–water partition coefficient (Wildman–Crippen LogP) is 2.82. The van der Waals surface area contributed by atoms with Gasteiger partial charge >= 0.3 is 0 Å². The zero-order valence-corrected chi connectivity index (χ0v) is 13.6. The van der Waals surface area contributed by atoms with E-state index in [0.29, 0.717) is 12.0 Å². The number of likely N-dealkylation sites (tertiary alicyclic amines) is 1. The van der Waals surface area contributed by atoms with E-state index in [9.17, 15) is 14.0 Å². The van der Waals surface area contributed by atoms with Crippen molar-refractivity contribution in [3.05, 3.63) is 35.2 Å². The van der Waals surface area contributed by atoms with E-state index in [1.807, 2.05) is 32.9 Å². The molecule has 2 unspecified atom stereocenters. The van der Waals surface area contributed by atoms with Crippen LogP contribution in [0.3, 0.4) is 0 Å². The summed E-state index contributed by atoms with van der Waals surface area (Å²) in [6.07, 6.45) is 4.83. The van der Waals surface area contributed by atoms with Gasteiger partial charge in [-0.05, 0) is 33.3 Å². The van der Waals surface area contributed by atoms with Crippen molar-refractivity contribution in [3.63, 3.8) is 0 Å². The minimum atomic E-state index is -0.967. The van der Waals surface area contributed by atoms with Crippen molar-refractivity contribution < 1.29 is 14.0 Å². The Morgan fingerprint density at radius 2 is 2.09 bits per heavy atom. The Labute approximate surface area is 130 Å². The highest BCUT2D eigenvalue weighted by Gasteiger charge is 2.33. The number of carbonyl (C=O) groups excluding carboxylic acids is 2. The summed E-state index contributed by atoms with van der Waals surface area (Å²) in [5, 5.41) is 0. The number of Topliss-reactive ketones (excluding diaryl/α,β-unsaturated/α-hetero) is 1. The van der Waals surface area contributed by atoms with E-state index in [-0.39, 0.29) is 30.8 Å². The van der Waals surface area contributed by atoms with E-state index in [4.69, 9.17) is 0 Å². The van der Waals surface area contributed by atoms with Crippen LogP contribution in [0.4, 0.5) is 4.39 Å². The molecule has 1 amide bonds. The van der Waals surface area contributed by atoms with Crippen LogP contribution in [0, 0.1) is 13.8 Å². The molecule has 2 heterocycles. The van der Waals surface area contributed by atoms with Crippen LogP contribution in [-0.2, 0) is 11.3 Å². The lowest BCUT2D eigenvalue weighted by molar-refractivity contribution is -0.132. The lowest BCUT2D eigenvalue weighted by atomic mass is 10.1. The number of allylic oxidation sites excluding steroid dienone is 1. The van der Waals surface area contributed by atoms with Gasteiger partial charge in [-0.25, -0.2) is 4.39 Å². The molecule has 0 spiro atoms. The fourth-order valence-electron chi connectivity index (χ4n) is 3.02. The summed E-state index contributed by atoms with van der Waals surface area (Å²) in [4.78, 5) is 25.7. The zero-order valence-electron chi connectivity index (χ0n) is 13.6. The van der Waals surface area contributed by atoms with Gasteiger partial charge in [-0.3, -0.25) is 9.59 Å². The van der Waals surface area contributed by atoms with E-state index in [1.165, 1.54) is 6.92 Å². The molecule has 22 heavy (non-hydrogen) atoms. The minimum absolute atomic E-state index is 0.0106. The van der Waals surface area contributed by atoms with E-state index >= 15 is 0 Å². The molecule has 1 aromatic heterocycles. The van der Waals surface area contributed by atoms with Crippen LogP contribution in [0.15, 0.2) is 18.3 Å². The molecule has 1 fully saturated rings. The normalized spacial score (nSPS) is 21.8. The van der Waals surface area contributed by atoms with Gasteiger partial charge in [-0.15, -0.1) is 0 Å². The van der Waals surface area contributed by atoms with Crippen LogP contribution >= 0.6 is 0 Å². The number of halogens is 1. The van der Waals surface area contributed by atoms with Gasteiger partial charge in [0.15, 0.2) is 5.78 Å². The number of aromatic nitrogens is 1. The number of ketones is 1. The summed E-state index contributed by atoms with van der Waals surface area (Å²) in [7, 11) is 0. The van der Waals surface area contributed by atoms with Gasteiger partial charge in [0, 0.05) is 23.9 Å². The topological polar surface area (TPSA) is 42.3 Å². The minimum Gasteiger partial charge on any atom is -0.341 e. The molecule has 1 aromatic rings. The first-order chi connectivity index (χ1) is 10.3. The number of rotatable bonds is 4. The van der Waals surface area contributed by atoms with Gasteiger partial charge in [0.1, 0.15) is 12.7 Å². The first-order valence-electron chi connectivity index (χ1n) is 7.58. The second-order valence-corrected chi connectivity index (χ2v) is 5.91. The molecule has 2 atom stereocenters. The summed E-state index contributed by atoms with van der Waals surface area (Å²) >= 11 is 0. The van der Waals surface area contributed by atoms with Crippen LogP contribution in [0.2, 0.25) is 0 Å². The second-order valence-electron chi connectivity index (χ2n) is 5.91. The highest BCUT2D eigenvalue weighted by atomic mass is 19.1. The molecule has 1 aliphatic rings. The highest BCUT2D eigenvalue weighted by Crippen LogP contribution is 2.23. The maximum Gasteiger partial charge on any atom is 0.243 e. The molecular formula is C17H23FN2O2. The van der Waals surface area contributed by atoms with Gasteiger partial charge in [0.25, 0.3) is 0 Å². The van der Waals surface area contributed by atoms with Gasteiger partial charge in [0.2, 0.25) is 5.91 Å². The Kier molecular flexibility index (Phi) is 4.84. The number of alkyl halides is 1. The second kappa shape index (κ2) is 6.46. The monoisotopic (exact) mass is 306 g/mol. The fourth-order valence-corrected chi connectivity index (χ4v) is 3.02. The van der Waals surface area contributed by atoms with Crippen molar-refractivity contribution in [2.75, 3.05) is 6.54 Å². The van der Waals surface area contributed by atoms with E-state index in [0.717, 1.165) is 11.3 Å². The van der Waals surface area contributed by atoms with Crippen LogP contribution in [0.1, 0.15) is 41.9 Å². The summed E-state index contributed by atoms with van der Waals surface area (Å²) in [5.41, 5.74) is 2.44. The van der Waals surface area contributed by atoms with Crippen LogP contribution in [0.5, 0.6) is 0 Å². The summed E-state index contributed by atoms with van der Waals surface area (Å²) in [5.74, 6) is -0.125. The Hall–Kier alpha value is -1.91. The molecule has 0 aromatic carbocycles. The quantitative estimate of drug-likeness (QED) is 0.634. The number of carbonyl (C=O) groups is 2. The SMILES string of the molecule is CC=CC1CC(F)CN1C(=O)Cn1cc(C(C)=O)c(C)c1C. The van der Waals surface area contributed by atoms with Crippen LogP contribution < -0.4 is 0 Å².